The first kappa shape index (κ1) is 31.7. The fourth-order valence-electron chi connectivity index (χ4n) is 4.93. The van der Waals surface area contributed by atoms with E-state index in [4.69, 9.17) is 4.74 Å². The Balaban J connectivity index is 2.08. The molecule has 0 heterocycles. The van der Waals surface area contributed by atoms with Crippen LogP contribution < -0.4 is 10.6 Å². The predicted molar refractivity (Wildman–Crippen MR) is 166 cm³/mol. The van der Waals surface area contributed by atoms with Crippen LogP contribution in [0.3, 0.4) is 0 Å². The van der Waals surface area contributed by atoms with Crippen molar-refractivity contribution >= 4 is 34.4 Å². The lowest BCUT2D eigenvalue weighted by atomic mass is 9.93. The minimum absolute atomic E-state index is 0.245. The van der Waals surface area contributed by atoms with Gasteiger partial charge in [0.15, 0.2) is 0 Å². The second-order valence-electron chi connectivity index (χ2n) is 12.2. The molecule has 0 saturated heterocycles. The normalized spacial score (nSPS) is 13.8. The Morgan fingerprint density at radius 3 is 2.15 bits per heavy atom. The molecule has 0 fully saturated rings. The summed E-state index contributed by atoms with van der Waals surface area (Å²) in [5, 5.41) is 7.95. The van der Waals surface area contributed by atoms with Crippen LogP contribution >= 0.6 is 0 Å². The van der Waals surface area contributed by atoms with Crippen LogP contribution in [-0.4, -0.2) is 40.5 Å². The lowest BCUT2D eigenvalue weighted by Gasteiger charge is -2.39. The summed E-state index contributed by atoms with van der Waals surface area (Å²) in [6, 6.07) is 17.5. The standard InChI is InChI=1S/C34H45N3O4/c1-10-24(6)37(32(39)29(21(2)3)36-33(40)41-34(7,8)9)30(28-18-15-22(4)19-23(28)5)31(38)35-27-17-16-25-13-11-12-14-26(25)20-27/h11-21,24,29-30H,10H2,1-9H3,(H,35,38)(H,36,40). The number of benzene rings is 3. The van der Waals surface area contributed by atoms with Crippen molar-refractivity contribution in [2.45, 2.75) is 92.5 Å². The van der Waals surface area contributed by atoms with Crippen LogP contribution in [0.25, 0.3) is 10.8 Å². The molecule has 2 N–H and O–H groups in total. The summed E-state index contributed by atoms with van der Waals surface area (Å²) in [5.41, 5.74) is 2.64. The van der Waals surface area contributed by atoms with Gasteiger partial charge in [-0.2, -0.15) is 0 Å². The minimum atomic E-state index is -0.925. The predicted octanol–water partition coefficient (Wildman–Crippen LogP) is 7.31. The van der Waals surface area contributed by atoms with Crippen molar-refractivity contribution in [2.24, 2.45) is 5.92 Å². The highest BCUT2D eigenvalue weighted by Crippen LogP contribution is 2.31. The van der Waals surface area contributed by atoms with Gasteiger partial charge in [-0.15, -0.1) is 0 Å². The maximum absolute atomic E-state index is 14.4. The molecular formula is C34H45N3O4. The van der Waals surface area contributed by atoms with E-state index in [0.29, 0.717) is 12.1 Å². The van der Waals surface area contributed by atoms with E-state index in [0.717, 1.165) is 27.5 Å². The second-order valence-corrected chi connectivity index (χ2v) is 12.2. The maximum Gasteiger partial charge on any atom is 0.408 e. The van der Waals surface area contributed by atoms with Crippen LogP contribution in [0.4, 0.5) is 10.5 Å². The molecule has 7 heteroatoms. The van der Waals surface area contributed by atoms with E-state index in [1.54, 1.807) is 25.7 Å². The number of amides is 3. The van der Waals surface area contributed by atoms with Crippen molar-refractivity contribution in [2.75, 3.05) is 5.32 Å². The molecule has 0 aliphatic heterocycles. The molecule has 3 unspecified atom stereocenters. The second kappa shape index (κ2) is 13.2. The Hall–Kier alpha value is -3.87. The Labute approximate surface area is 244 Å². The van der Waals surface area contributed by atoms with E-state index in [2.05, 4.69) is 10.6 Å². The number of anilines is 1. The fraction of sp³-hybridized carbons (Fsp3) is 0.441. The summed E-state index contributed by atoms with van der Waals surface area (Å²) in [7, 11) is 0. The Bertz CT molecular complexity index is 1390. The van der Waals surface area contributed by atoms with Crippen LogP contribution in [0.5, 0.6) is 0 Å². The quantitative estimate of drug-likeness (QED) is 0.288. The van der Waals surface area contributed by atoms with Crippen molar-refractivity contribution in [3.63, 3.8) is 0 Å². The summed E-state index contributed by atoms with van der Waals surface area (Å²) < 4.78 is 5.47. The Morgan fingerprint density at radius 1 is 0.902 bits per heavy atom. The third-order valence-electron chi connectivity index (χ3n) is 7.19. The number of nitrogens with one attached hydrogen (secondary N) is 2. The Morgan fingerprint density at radius 2 is 1.56 bits per heavy atom. The summed E-state index contributed by atoms with van der Waals surface area (Å²) in [4.78, 5) is 43.0. The molecule has 3 rings (SSSR count). The number of hydrogen-bond acceptors (Lipinski definition) is 4. The highest BCUT2D eigenvalue weighted by molar-refractivity contribution is 6.00. The number of nitrogens with zero attached hydrogens (tertiary/aromatic N) is 1. The molecule has 0 bridgehead atoms. The maximum atomic E-state index is 14.4. The topological polar surface area (TPSA) is 87.7 Å². The van der Waals surface area contributed by atoms with Gasteiger partial charge in [-0.1, -0.05) is 74.9 Å². The van der Waals surface area contributed by atoms with E-state index < -0.39 is 23.8 Å². The summed E-state index contributed by atoms with van der Waals surface area (Å²) in [6.45, 7) is 16.9. The van der Waals surface area contributed by atoms with Crippen molar-refractivity contribution in [3.8, 4) is 0 Å². The Kier molecular flexibility index (Phi) is 10.2. The van der Waals surface area contributed by atoms with Crippen molar-refractivity contribution in [1.82, 2.24) is 10.2 Å². The van der Waals surface area contributed by atoms with Crippen molar-refractivity contribution < 1.29 is 19.1 Å². The van der Waals surface area contributed by atoms with E-state index in [9.17, 15) is 14.4 Å². The van der Waals surface area contributed by atoms with Gasteiger partial charge < -0.3 is 20.3 Å². The number of fused-ring (bicyclic) bond motifs is 1. The molecule has 0 aliphatic rings. The largest absolute Gasteiger partial charge is 0.444 e. The smallest absolute Gasteiger partial charge is 0.408 e. The molecule has 0 aliphatic carbocycles. The number of carbonyl (C=O) groups is 3. The first-order valence-corrected chi connectivity index (χ1v) is 14.4. The SMILES string of the molecule is CCC(C)N(C(=O)C(NC(=O)OC(C)(C)C)C(C)C)C(C(=O)Nc1ccc2ccccc2c1)c1ccc(C)cc1C. The zero-order chi connectivity index (χ0) is 30.5. The van der Waals surface area contributed by atoms with Crippen LogP contribution in [0, 0.1) is 19.8 Å². The van der Waals surface area contributed by atoms with Gasteiger partial charge in [0.1, 0.15) is 17.7 Å². The molecule has 3 aromatic carbocycles. The average Bonchev–Trinajstić information content (AvgIpc) is 2.88. The molecule has 3 aromatic rings. The molecule has 3 atom stereocenters. The van der Waals surface area contributed by atoms with Gasteiger partial charge in [-0.05, 0) is 87.9 Å². The van der Waals surface area contributed by atoms with Crippen LogP contribution in [0.2, 0.25) is 0 Å². The first-order chi connectivity index (χ1) is 19.2. The molecule has 0 saturated carbocycles. The van der Waals surface area contributed by atoms with E-state index in [1.807, 2.05) is 102 Å². The van der Waals surface area contributed by atoms with E-state index in [1.165, 1.54) is 0 Å². The number of hydrogen-bond donors (Lipinski definition) is 2. The van der Waals surface area contributed by atoms with Crippen molar-refractivity contribution in [3.05, 3.63) is 77.4 Å². The zero-order valence-corrected chi connectivity index (χ0v) is 25.9. The molecule has 7 nitrogen and oxygen atoms in total. The van der Waals surface area contributed by atoms with Gasteiger partial charge in [0.2, 0.25) is 5.91 Å². The summed E-state index contributed by atoms with van der Waals surface area (Å²) in [5.74, 6) is -0.899. The highest BCUT2D eigenvalue weighted by Gasteiger charge is 2.40. The lowest BCUT2D eigenvalue weighted by molar-refractivity contribution is -0.144. The number of rotatable bonds is 9. The van der Waals surface area contributed by atoms with Crippen LogP contribution in [-0.2, 0) is 14.3 Å². The van der Waals surface area contributed by atoms with Gasteiger partial charge in [0, 0.05) is 11.7 Å². The zero-order valence-electron chi connectivity index (χ0n) is 25.9. The number of aryl methyl sites for hydroxylation is 2. The number of ether oxygens (including phenoxy) is 1. The van der Waals surface area contributed by atoms with Gasteiger partial charge in [-0.25, -0.2) is 4.79 Å². The van der Waals surface area contributed by atoms with Gasteiger partial charge >= 0.3 is 6.09 Å². The molecular weight excluding hydrogens is 514 g/mol. The highest BCUT2D eigenvalue weighted by atomic mass is 16.6. The van der Waals surface area contributed by atoms with Crippen LogP contribution in [0.15, 0.2) is 60.7 Å². The molecule has 41 heavy (non-hydrogen) atoms. The summed E-state index contributed by atoms with van der Waals surface area (Å²) >= 11 is 0. The van der Waals surface area contributed by atoms with Gasteiger partial charge in [0.05, 0.1) is 0 Å². The molecule has 220 valence electrons. The average molecular weight is 560 g/mol. The third-order valence-corrected chi connectivity index (χ3v) is 7.19. The molecule has 0 spiro atoms. The first-order valence-electron chi connectivity index (χ1n) is 14.4. The number of alkyl carbamates (subject to hydrolysis) is 1. The molecule has 0 radical (unpaired) electrons. The molecule has 0 aromatic heterocycles. The number of carbonyl (C=O) groups excluding carboxylic acids is 3. The van der Waals surface area contributed by atoms with E-state index >= 15 is 0 Å². The van der Waals surface area contributed by atoms with Gasteiger partial charge in [0.25, 0.3) is 5.91 Å². The van der Waals surface area contributed by atoms with Crippen LogP contribution in [0.1, 0.15) is 77.6 Å². The summed E-state index contributed by atoms with van der Waals surface area (Å²) in [6.07, 6.45) is -0.0504. The fourth-order valence-corrected chi connectivity index (χ4v) is 4.93. The van der Waals surface area contributed by atoms with Crippen molar-refractivity contribution in [1.29, 1.82) is 0 Å². The minimum Gasteiger partial charge on any atom is -0.444 e. The van der Waals surface area contributed by atoms with Gasteiger partial charge in [-0.3, -0.25) is 9.59 Å². The molecule has 3 amide bonds. The third kappa shape index (κ3) is 8.09. The van der Waals surface area contributed by atoms with E-state index in [-0.39, 0.29) is 23.8 Å². The monoisotopic (exact) mass is 559 g/mol. The lowest BCUT2D eigenvalue weighted by Crippen LogP contribution is -2.56.